The maximum Gasteiger partial charge on any atom is 0.258 e. The molecule has 0 aromatic heterocycles. The van der Waals surface area contributed by atoms with Gasteiger partial charge in [0.15, 0.2) is 6.61 Å². The van der Waals surface area contributed by atoms with Crippen LogP contribution in [0.5, 0.6) is 11.5 Å². The van der Waals surface area contributed by atoms with Crippen molar-refractivity contribution in [2.24, 2.45) is 0 Å². The van der Waals surface area contributed by atoms with Gasteiger partial charge >= 0.3 is 0 Å². The van der Waals surface area contributed by atoms with Gasteiger partial charge < -0.3 is 14.8 Å². The molecule has 1 N–H and O–H groups in total. The van der Waals surface area contributed by atoms with Crippen LogP contribution in [0.2, 0.25) is 0 Å². The SMILES string of the molecule is Cc1ccc2c(c1)C(NC(=O)COc1ccc(C(C)C)cc1)CC(C)(C)O2. The zero-order chi connectivity index (χ0) is 19.6. The lowest BCUT2D eigenvalue weighted by Crippen LogP contribution is -2.42. The van der Waals surface area contributed by atoms with Crippen LogP contribution in [0.3, 0.4) is 0 Å². The van der Waals surface area contributed by atoms with Crippen molar-refractivity contribution >= 4 is 5.91 Å². The highest BCUT2D eigenvalue weighted by Gasteiger charge is 2.34. The van der Waals surface area contributed by atoms with E-state index in [4.69, 9.17) is 9.47 Å². The third kappa shape index (κ3) is 4.82. The molecule has 0 aliphatic carbocycles. The summed E-state index contributed by atoms with van der Waals surface area (Å²) in [5.74, 6) is 1.89. The summed E-state index contributed by atoms with van der Waals surface area (Å²) in [5, 5.41) is 3.11. The third-order valence-electron chi connectivity index (χ3n) is 4.87. The molecule has 1 amide bonds. The molecular weight excluding hydrogens is 338 g/mol. The Morgan fingerprint density at radius 1 is 1.22 bits per heavy atom. The van der Waals surface area contributed by atoms with Gasteiger partial charge in [-0.05, 0) is 50.5 Å². The van der Waals surface area contributed by atoms with E-state index >= 15 is 0 Å². The Morgan fingerprint density at radius 2 is 1.93 bits per heavy atom. The van der Waals surface area contributed by atoms with Crippen molar-refractivity contribution in [3.05, 3.63) is 59.2 Å². The second kappa shape index (κ2) is 7.63. The van der Waals surface area contributed by atoms with E-state index in [1.807, 2.05) is 57.2 Å². The van der Waals surface area contributed by atoms with Crippen molar-refractivity contribution in [2.75, 3.05) is 6.61 Å². The van der Waals surface area contributed by atoms with Crippen LogP contribution in [0.1, 0.15) is 62.8 Å². The molecule has 1 heterocycles. The summed E-state index contributed by atoms with van der Waals surface area (Å²) >= 11 is 0. The first kappa shape index (κ1) is 19.3. The normalized spacial score (nSPS) is 17.8. The van der Waals surface area contributed by atoms with Gasteiger partial charge in [-0.3, -0.25) is 4.79 Å². The zero-order valence-corrected chi connectivity index (χ0v) is 16.8. The van der Waals surface area contributed by atoms with Gasteiger partial charge in [-0.1, -0.05) is 43.7 Å². The summed E-state index contributed by atoms with van der Waals surface area (Å²) in [7, 11) is 0. The molecule has 0 fully saturated rings. The molecule has 1 aliphatic rings. The number of nitrogens with one attached hydrogen (secondary N) is 1. The molecule has 1 unspecified atom stereocenters. The highest BCUT2D eigenvalue weighted by molar-refractivity contribution is 5.78. The van der Waals surface area contributed by atoms with E-state index in [0.717, 1.165) is 23.3 Å². The van der Waals surface area contributed by atoms with Crippen molar-refractivity contribution in [3.63, 3.8) is 0 Å². The number of amides is 1. The molecule has 0 radical (unpaired) electrons. The Labute approximate surface area is 161 Å². The van der Waals surface area contributed by atoms with Crippen LogP contribution in [0.25, 0.3) is 0 Å². The van der Waals surface area contributed by atoms with Gasteiger partial charge in [0.2, 0.25) is 0 Å². The number of aryl methyl sites for hydroxylation is 1. The first-order valence-corrected chi connectivity index (χ1v) is 9.55. The Morgan fingerprint density at radius 3 is 2.59 bits per heavy atom. The maximum atomic E-state index is 12.5. The minimum Gasteiger partial charge on any atom is -0.487 e. The molecule has 4 nitrogen and oxygen atoms in total. The molecule has 3 rings (SSSR count). The largest absolute Gasteiger partial charge is 0.487 e. The van der Waals surface area contributed by atoms with Crippen molar-refractivity contribution in [3.8, 4) is 11.5 Å². The lowest BCUT2D eigenvalue weighted by molar-refractivity contribution is -0.124. The summed E-state index contributed by atoms with van der Waals surface area (Å²) < 4.78 is 11.7. The lowest BCUT2D eigenvalue weighted by Gasteiger charge is -2.38. The van der Waals surface area contributed by atoms with E-state index < -0.39 is 0 Å². The van der Waals surface area contributed by atoms with Gasteiger partial charge in [0.1, 0.15) is 17.1 Å². The number of hydrogen-bond donors (Lipinski definition) is 1. The molecule has 1 aliphatic heterocycles. The molecule has 0 saturated carbocycles. The Bertz CT molecular complexity index is 809. The lowest BCUT2D eigenvalue weighted by atomic mass is 9.89. The van der Waals surface area contributed by atoms with Gasteiger partial charge in [-0.15, -0.1) is 0 Å². The number of rotatable bonds is 5. The second-order valence-electron chi connectivity index (χ2n) is 8.24. The fourth-order valence-corrected chi connectivity index (χ4v) is 3.44. The number of carbonyl (C=O) groups excluding carboxylic acids is 1. The standard InChI is InChI=1S/C23H29NO3/c1-15(2)17-7-9-18(10-8-17)26-14-22(25)24-20-13-23(4,5)27-21-11-6-16(3)12-19(20)21/h6-12,15,20H,13-14H2,1-5H3,(H,24,25). The molecule has 0 spiro atoms. The minimum atomic E-state index is -0.326. The molecule has 0 saturated heterocycles. The van der Waals surface area contributed by atoms with Gasteiger partial charge in [0, 0.05) is 12.0 Å². The number of fused-ring (bicyclic) bond motifs is 1. The summed E-state index contributed by atoms with van der Waals surface area (Å²) in [6.07, 6.45) is 0.721. The fourth-order valence-electron chi connectivity index (χ4n) is 3.44. The molecule has 1 atom stereocenters. The highest BCUT2D eigenvalue weighted by atomic mass is 16.5. The van der Waals surface area contributed by atoms with Gasteiger partial charge in [-0.25, -0.2) is 0 Å². The Kier molecular flexibility index (Phi) is 5.45. The van der Waals surface area contributed by atoms with Crippen molar-refractivity contribution in [2.45, 2.75) is 58.6 Å². The molecule has 4 heteroatoms. The van der Waals surface area contributed by atoms with Crippen LogP contribution in [0.4, 0.5) is 0 Å². The van der Waals surface area contributed by atoms with Gasteiger partial charge in [0.25, 0.3) is 5.91 Å². The number of ether oxygens (including phenoxy) is 2. The molecular formula is C23H29NO3. The second-order valence-corrected chi connectivity index (χ2v) is 8.24. The summed E-state index contributed by atoms with van der Waals surface area (Å²) in [4.78, 5) is 12.5. The first-order valence-electron chi connectivity index (χ1n) is 9.55. The number of benzene rings is 2. The van der Waals surface area contributed by atoms with Crippen LogP contribution in [-0.4, -0.2) is 18.1 Å². The van der Waals surface area contributed by atoms with Crippen molar-refractivity contribution in [1.82, 2.24) is 5.32 Å². The molecule has 2 aromatic rings. The van der Waals surface area contributed by atoms with Crippen LogP contribution >= 0.6 is 0 Å². The number of hydrogen-bond acceptors (Lipinski definition) is 3. The zero-order valence-electron chi connectivity index (χ0n) is 16.8. The topological polar surface area (TPSA) is 47.6 Å². The van der Waals surface area contributed by atoms with Gasteiger partial charge in [-0.2, -0.15) is 0 Å². The maximum absolute atomic E-state index is 12.5. The van der Waals surface area contributed by atoms with Gasteiger partial charge in [0.05, 0.1) is 6.04 Å². The average molecular weight is 367 g/mol. The Hall–Kier alpha value is -2.49. The van der Waals surface area contributed by atoms with Crippen LogP contribution in [0, 0.1) is 6.92 Å². The smallest absolute Gasteiger partial charge is 0.258 e. The van der Waals surface area contributed by atoms with E-state index in [0.29, 0.717) is 11.7 Å². The highest BCUT2D eigenvalue weighted by Crippen LogP contribution is 2.39. The number of carbonyl (C=O) groups is 1. The van der Waals surface area contributed by atoms with E-state index in [1.54, 1.807) is 0 Å². The van der Waals surface area contributed by atoms with Crippen molar-refractivity contribution in [1.29, 1.82) is 0 Å². The summed E-state index contributed by atoms with van der Waals surface area (Å²) in [5.41, 5.74) is 3.11. The van der Waals surface area contributed by atoms with Crippen LogP contribution in [-0.2, 0) is 4.79 Å². The Balaban J connectivity index is 1.64. The van der Waals surface area contributed by atoms with E-state index in [9.17, 15) is 4.79 Å². The summed E-state index contributed by atoms with van der Waals surface area (Å²) in [6, 6.07) is 13.9. The van der Waals surface area contributed by atoms with E-state index in [2.05, 4.69) is 25.2 Å². The monoisotopic (exact) mass is 367 g/mol. The third-order valence-corrected chi connectivity index (χ3v) is 4.87. The molecule has 144 valence electrons. The minimum absolute atomic E-state index is 0.0000397. The van der Waals surface area contributed by atoms with E-state index in [-0.39, 0.29) is 24.2 Å². The average Bonchev–Trinajstić information content (AvgIpc) is 2.60. The first-order chi connectivity index (χ1) is 12.7. The quantitative estimate of drug-likeness (QED) is 0.816. The molecule has 27 heavy (non-hydrogen) atoms. The van der Waals surface area contributed by atoms with Crippen LogP contribution in [0.15, 0.2) is 42.5 Å². The molecule has 0 bridgehead atoms. The van der Waals surface area contributed by atoms with Crippen LogP contribution < -0.4 is 14.8 Å². The van der Waals surface area contributed by atoms with Crippen molar-refractivity contribution < 1.29 is 14.3 Å². The summed E-state index contributed by atoms with van der Waals surface area (Å²) in [6.45, 7) is 10.4. The fraction of sp³-hybridized carbons (Fsp3) is 0.435. The predicted molar refractivity (Wildman–Crippen MR) is 107 cm³/mol. The van der Waals surface area contributed by atoms with E-state index in [1.165, 1.54) is 5.56 Å². The molecule has 2 aromatic carbocycles. The predicted octanol–water partition coefficient (Wildman–Crippen LogP) is 4.92.